The first kappa shape index (κ1) is 20.4. The third-order valence-electron chi connectivity index (χ3n) is 6.15. The Bertz CT molecular complexity index is 825. The van der Waals surface area contributed by atoms with Crippen LogP contribution in [0.3, 0.4) is 0 Å². The van der Waals surface area contributed by atoms with Crippen LogP contribution in [0.25, 0.3) is 0 Å². The Kier molecular flexibility index (Phi) is 6.50. The van der Waals surface area contributed by atoms with Gasteiger partial charge < -0.3 is 4.74 Å². The molecule has 0 amide bonds. The number of halogens is 1. The zero-order valence-corrected chi connectivity index (χ0v) is 17.5. The van der Waals surface area contributed by atoms with E-state index in [4.69, 9.17) is 16.3 Å². The maximum Gasteiger partial charge on any atom is 0.337 e. The lowest BCUT2D eigenvalue weighted by molar-refractivity contribution is 0.0600. The second kappa shape index (κ2) is 9.26. The summed E-state index contributed by atoms with van der Waals surface area (Å²) in [4.78, 5) is 14.1. The minimum atomic E-state index is -0.289. The lowest BCUT2D eigenvalue weighted by Gasteiger charge is -2.37. The summed E-state index contributed by atoms with van der Waals surface area (Å²) in [5.41, 5.74) is 10.1. The Morgan fingerprint density at radius 3 is 2.66 bits per heavy atom. The molecule has 2 aliphatic rings. The number of methoxy groups -OCH3 is 1. The number of ether oxygens (including phenoxy) is 1. The summed E-state index contributed by atoms with van der Waals surface area (Å²) in [5, 5.41) is 0.784. The zero-order chi connectivity index (χ0) is 20.2. The summed E-state index contributed by atoms with van der Waals surface area (Å²) in [5.74, 6) is 0.757. The van der Waals surface area contributed by atoms with Crippen molar-refractivity contribution in [2.24, 2.45) is 5.92 Å². The van der Waals surface area contributed by atoms with Gasteiger partial charge in [0.05, 0.1) is 12.7 Å². The summed E-state index contributed by atoms with van der Waals surface area (Å²) < 4.78 is 4.78. The van der Waals surface area contributed by atoms with Crippen LogP contribution in [0.5, 0.6) is 0 Å². The molecule has 2 aromatic rings. The molecule has 0 aromatic heterocycles. The number of esters is 1. The summed E-state index contributed by atoms with van der Waals surface area (Å²) in [6.07, 6.45) is 2.44. The quantitative estimate of drug-likeness (QED) is 0.733. The molecule has 0 saturated carbocycles. The number of carbonyl (C=O) groups excluding carboxylic acids is 1. The van der Waals surface area contributed by atoms with E-state index in [2.05, 4.69) is 27.9 Å². The SMILES string of the molecule is COC(=O)c1ccc(CN2CCCC(C3NNCC3c3ccc(Cl)cc3)C2)cc1. The Hall–Kier alpha value is -1.92. The van der Waals surface area contributed by atoms with E-state index in [0.29, 0.717) is 23.4 Å². The molecule has 2 aromatic carbocycles. The van der Waals surface area contributed by atoms with Gasteiger partial charge in [0.25, 0.3) is 0 Å². The van der Waals surface area contributed by atoms with Crippen LogP contribution in [-0.2, 0) is 11.3 Å². The fourth-order valence-corrected chi connectivity index (χ4v) is 4.77. The highest BCUT2D eigenvalue weighted by Gasteiger charge is 2.36. The molecule has 0 spiro atoms. The summed E-state index contributed by atoms with van der Waals surface area (Å²) >= 11 is 6.07. The Morgan fingerprint density at radius 1 is 1.17 bits per heavy atom. The van der Waals surface area contributed by atoms with Crippen molar-refractivity contribution in [1.29, 1.82) is 0 Å². The van der Waals surface area contributed by atoms with Crippen molar-refractivity contribution in [3.8, 4) is 0 Å². The lowest BCUT2D eigenvalue weighted by atomic mass is 9.81. The Morgan fingerprint density at radius 2 is 1.93 bits per heavy atom. The summed E-state index contributed by atoms with van der Waals surface area (Å²) in [6.45, 7) is 4.03. The number of hydrazine groups is 1. The number of rotatable bonds is 5. The van der Waals surface area contributed by atoms with Gasteiger partial charge in [-0.25, -0.2) is 4.79 Å². The molecule has 0 radical (unpaired) electrons. The highest BCUT2D eigenvalue weighted by Crippen LogP contribution is 2.32. The number of hydrogen-bond acceptors (Lipinski definition) is 5. The molecule has 0 bridgehead atoms. The minimum absolute atomic E-state index is 0.289. The average Bonchev–Trinajstić information content (AvgIpc) is 3.24. The summed E-state index contributed by atoms with van der Waals surface area (Å²) in [6, 6.07) is 16.4. The number of carbonyl (C=O) groups is 1. The standard InChI is InChI=1S/C23H28ClN3O2/c1-29-23(28)18-6-4-16(5-7-18)14-27-12-2-3-19(15-27)22-21(13-25-26-22)17-8-10-20(24)11-9-17/h4-11,19,21-22,25-26H,2-3,12-15H2,1H3. The van der Waals surface area contributed by atoms with Gasteiger partial charge in [-0.05, 0) is 60.7 Å². The molecule has 5 nitrogen and oxygen atoms in total. The first-order valence-electron chi connectivity index (χ1n) is 10.3. The zero-order valence-electron chi connectivity index (χ0n) is 16.7. The predicted molar refractivity (Wildman–Crippen MR) is 115 cm³/mol. The molecule has 6 heteroatoms. The van der Waals surface area contributed by atoms with Gasteiger partial charge in [0, 0.05) is 36.6 Å². The smallest absolute Gasteiger partial charge is 0.337 e. The van der Waals surface area contributed by atoms with Crippen LogP contribution >= 0.6 is 11.6 Å². The first-order valence-corrected chi connectivity index (χ1v) is 10.7. The van der Waals surface area contributed by atoms with Crippen LogP contribution in [0.2, 0.25) is 5.02 Å². The topological polar surface area (TPSA) is 53.6 Å². The van der Waals surface area contributed by atoms with Crippen molar-refractivity contribution in [2.45, 2.75) is 31.3 Å². The van der Waals surface area contributed by atoms with Crippen molar-refractivity contribution in [2.75, 3.05) is 26.7 Å². The number of piperidine rings is 1. The molecule has 29 heavy (non-hydrogen) atoms. The highest BCUT2D eigenvalue weighted by molar-refractivity contribution is 6.30. The minimum Gasteiger partial charge on any atom is -0.465 e. The molecule has 154 valence electrons. The van der Waals surface area contributed by atoms with Gasteiger partial charge in [-0.1, -0.05) is 35.9 Å². The number of hydrogen-bond donors (Lipinski definition) is 2. The van der Waals surface area contributed by atoms with E-state index in [1.54, 1.807) is 0 Å². The van der Waals surface area contributed by atoms with Crippen molar-refractivity contribution in [3.63, 3.8) is 0 Å². The van der Waals surface area contributed by atoms with Gasteiger partial charge in [-0.2, -0.15) is 0 Å². The van der Waals surface area contributed by atoms with Crippen LogP contribution in [-0.4, -0.2) is 43.7 Å². The predicted octanol–water partition coefficient (Wildman–Crippen LogP) is 3.60. The van der Waals surface area contributed by atoms with Gasteiger partial charge in [0.1, 0.15) is 0 Å². The van der Waals surface area contributed by atoms with E-state index >= 15 is 0 Å². The van der Waals surface area contributed by atoms with Gasteiger partial charge >= 0.3 is 5.97 Å². The molecule has 2 aliphatic heterocycles. The van der Waals surface area contributed by atoms with Gasteiger partial charge in [0.2, 0.25) is 0 Å². The van der Waals surface area contributed by atoms with Gasteiger partial charge in [-0.15, -0.1) is 0 Å². The van der Waals surface area contributed by atoms with Crippen LogP contribution in [0.15, 0.2) is 48.5 Å². The lowest BCUT2D eigenvalue weighted by Crippen LogP contribution is -2.46. The van der Waals surface area contributed by atoms with Gasteiger partial charge in [-0.3, -0.25) is 15.8 Å². The maximum absolute atomic E-state index is 11.6. The molecule has 2 fully saturated rings. The molecule has 2 N–H and O–H groups in total. The molecular formula is C23H28ClN3O2. The summed E-state index contributed by atoms with van der Waals surface area (Å²) in [7, 11) is 1.41. The molecule has 4 rings (SSSR count). The van der Waals surface area contributed by atoms with E-state index in [1.165, 1.54) is 31.1 Å². The van der Waals surface area contributed by atoms with Crippen molar-refractivity contribution >= 4 is 17.6 Å². The molecule has 3 unspecified atom stereocenters. The maximum atomic E-state index is 11.6. The van der Waals surface area contributed by atoms with Crippen molar-refractivity contribution in [1.82, 2.24) is 15.8 Å². The van der Waals surface area contributed by atoms with Crippen LogP contribution in [0.1, 0.15) is 40.2 Å². The van der Waals surface area contributed by atoms with Crippen molar-refractivity contribution < 1.29 is 9.53 Å². The fraction of sp³-hybridized carbons (Fsp3) is 0.435. The molecule has 2 heterocycles. The highest BCUT2D eigenvalue weighted by atomic mass is 35.5. The molecule has 3 atom stereocenters. The van der Waals surface area contributed by atoms with Crippen LogP contribution in [0.4, 0.5) is 0 Å². The number of benzene rings is 2. The Labute approximate surface area is 177 Å². The van der Waals surface area contributed by atoms with E-state index < -0.39 is 0 Å². The third kappa shape index (κ3) is 4.81. The van der Waals surface area contributed by atoms with E-state index in [-0.39, 0.29) is 5.97 Å². The van der Waals surface area contributed by atoms with Gasteiger partial charge in [0.15, 0.2) is 0 Å². The number of likely N-dealkylation sites (tertiary alicyclic amines) is 1. The monoisotopic (exact) mass is 413 g/mol. The van der Waals surface area contributed by atoms with E-state index in [1.807, 2.05) is 36.4 Å². The first-order chi connectivity index (χ1) is 14.1. The number of nitrogens with zero attached hydrogens (tertiary/aromatic N) is 1. The van der Waals surface area contributed by atoms with E-state index in [0.717, 1.165) is 31.2 Å². The third-order valence-corrected chi connectivity index (χ3v) is 6.41. The second-order valence-corrected chi connectivity index (χ2v) is 8.47. The molecular weight excluding hydrogens is 386 g/mol. The largest absolute Gasteiger partial charge is 0.465 e. The molecule has 2 saturated heterocycles. The van der Waals surface area contributed by atoms with Crippen LogP contribution < -0.4 is 10.9 Å². The average molecular weight is 414 g/mol. The van der Waals surface area contributed by atoms with E-state index in [9.17, 15) is 4.79 Å². The molecule has 0 aliphatic carbocycles. The second-order valence-electron chi connectivity index (χ2n) is 8.03. The van der Waals surface area contributed by atoms with Crippen LogP contribution in [0, 0.1) is 5.92 Å². The normalized spacial score (nSPS) is 25.1. The van der Waals surface area contributed by atoms with Crippen molar-refractivity contribution in [3.05, 3.63) is 70.2 Å². The fourth-order valence-electron chi connectivity index (χ4n) is 4.65. The Balaban J connectivity index is 1.40. The number of nitrogens with one attached hydrogen (secondary N) is 2.